The van der Waals surface area contributed by atoms with Crippen LogP contribution in [0.2, 0.25) is 0 Å². The second-order valence-electron chi connectivity index (χ2n) is 8.18. The van der Waals surface area contributed by atoms with E-state index in [0.717, 1.165) is 28.9 Å². The van der Waals surface area contributed by atoms with Crippen molar-refractivity contribution in [3.63, 3.8) is 0 Å². The average Bonchev–Trinajstić information content (AvgIpc) is 3.29. The van der Waals surface area contributed by atoms with Crippen LogP contribution in [0.5, 0.6) is 11.5 Å². The molecular weight excluding hydrogens is 479 g/mol. The number of benzene rings is 3. The number of hydrogen-bond acceptors (Lipinski definition) is 4. The third kappa shape index (κ3) is 5.18. The Balaban J connectivity index is 1.53. The second-order valence-corrected chi connectivity index (χ2v) is 8.18. The Hall–Kier alpha value is -4.59. The number of methoxy groups -OCH3 is 1. The number of imidazole rings is 1. The summed E-state index contributed by atoms with van der Waals surface area (Å²) < 4.78 is 52.6. The summed E-state index contributed by atoms with van der Waals surface area (Å²) in [6.45, 7) is 0.357. The van der Waals surface area contributed by atoms with Crippen LogP contribution in [0.3, 0.4) is 0 Å². The molecular formula is C29H22F3N3O2. The molecule has 186 valence electrons. The number of halogens is 3. The van der Waals surface area contributed by atoms with Crippen molar-refractivity contribution in [3.05, 3.63) is 114 Å². The quantitative estimate of drug-likeness (QED) is 0.237. The van der Waals surface area contributed by atoms with Crippen LogP contribution >= 0.6 is 0 Å². The number of ether oxygens (including phenoxy) is 2. The molecule has 0 aliphatic carbocycles. The van der Waals surface area contributed by atoms with Crippen molar-refractivity contribution in [2.24, 2.45) is 0 Å². The number of hydrogen-bond donors (Lipinski definition) is 0. The highest BCUT2D eigenvalue weighted by Gasteiger charge is 2.30. The fourth-order valence-corrected chi connectivity index (χ4v) is 3.96. The molecule has 0 unspecified atom stereocenters. The Labute approximate surface area is 211 Å². The molecule has 0 atom stereocenters. The van der Waals surface area contributed by atoms with Crippen LogP contribution in [0, 0.1) is 0 Å². The van der Waals surface area contributed by atoms with E-state index in [2.05, 4.69) is 9.97 Å². The summed E-state index contributed by atoms with van der Waals surface area (Å²) in [7, 11) is 1.58. The molecule has 0 bridgehead atoms. The molecule has 0 saturated carbocycles. The topological polar surface area (TPSA) is 49.2 Å². The van der Waals surface area contributed by atoms with Crippen molar-refractivity contribution < 1.29 is 22.6 Å². The maximum atomic E-state index is 13.1. The molecule has 5 aromatic rings. The van der Waals surface area contributed by atoms with Crippen LogP contribution in [0.25, 0.3) is 29.0 Å². The number of fused-ring (bicyclic) bond motifs is 1. The predicted octanol–water partition coefficient (Wildman–Crippen LogP) is 7.20. The van der Waals surface area contributed by atoms with Crippen molar-refractivity contribution in [2.45, 2.75) is 12.8 Å². The van der Waals surface area contributed by atoms with Crippen LogP contribution in [-0.4, -0.2) is 21.6 Å². The lowest BCUT2D eigenvalue weighted by Gasteiger charge is -2.13. The smallest absolute Gasteiger partial charge is 0.417 e. The van der Waals surface area contributed by atoms with Gasteiger partial charge in [0.2, 0.25) is 0 Å². The molecule has 3 aromatic carbocycles. The van der Waals surface area contributed by atoms with Crippen molar-refractivity contribution in [3.8, 4) is 17.3 Å². The third-order valence-electron chi connectivity index (χ3n) is 5.76. The van der Waals surface area contributed by atoms with Crippen molar-refractivity contribution in [2.75, 3.05) is 7.11 Å². The Kier molecular flexibility index (Phi) is 6.64. The van der Waals surface area contributed by atoms with Crippen molar-refractivity contribution in [1.29, 1.82) is 0 Å². The van der Waals surface area contributed by atoms with Gasteiger partial charge in [0, 0.05) is 11.8 Å². The number of pyridine rings is 1. The Bertz CT molecular complexity index is 1540. The van der Waals surface area contributed by atoms with E-state index < -0.39 is 11.7 Å². The molecule has 0 radical (unpaired) electrons. The second kappa shape index (κ2) is 10.2. The summed E-state index contributed by atoms with van der Waals surface area (Å²) in [5, 5.41) is 0. The molecule has 0 spiro atoms. The van der Waals surface area contributed by atoms with E-state index in [4.69, 9.17) is 9.47 Å². The predicted molar refractivity (Wildman–Crippen MR) is 137 cm³/mol. The van der Waals surface area contributed by atoms with E-state index in [1.54, 1.807) is 17.8 Å². The minimum atomic E-state index is -4.46. The molecule has 0 aliphatic rings. The van der Waals surface area contributed by atoms with Gasteiger partial charge in [0.25, 0.3) is 0 Å². The Morgan fingerprint density at radius 1 is 0.865 bits per heavy atom. The lowest BCUT2D eigenvalue weighted by molar-refractivity contribution is -0.137. The summed E-state index contributed by atoms with van der Waals surface area (Å²) in [5.74, 6) is 1.98. The van der Waals surface area contributed by atoms with Crippen LogP contribution in [0.1, 0.15) is 22.5 Å². The number of alkyl halides is 3. The van der Waals surface area contributed by atoms with Crippen LogP contribution in [0.4, 0.5) is 13.2 Å². The van der Waals surface area contributed by atoms with Crippen LogP contribution in [0.15, 0.2) is 91.1 Å². The van der Waals surface area contributed by atoms with Gasteiger partial charge in [-0.15, -0.1) is 0 Å². The summed E-state index contributed by atoms with van der Waals surface area (Å²) in [4.78, 5) is 8.77. The first-order valence-corrected chi connectivity index (χ1v) is 11.5. The molecule has 0 amide bonds. The Morgan fingerprint density at radius 3 is 2.38 bits per heavy atom. The zero-order valence-corrected chi connectivity index (χ0v) is 19.8. The maximum Gasteiger partial charge on any atom is 0.417 e. The third-order valence-corrected chi connectivity index (χ3v) is 5.76. The highest BCUT2D eigenvalue weighted by atomic mass is 19.4. The monoisotopic (exact) mass is 501 g/mol. The van der Waals surface area contributed by atoms with Gasteiger partial charge in [-0.1, -0.05) is 54.6 Å². The minimum absolute atomic E-state index is 0.326. The molecule has 8 heteroatoms. The highest BCUT2D eigenvalue weighted by Crippen LogP contribution is 2.34. The van der Waals surface area contributed by atoms with Crippen molar-refractivity contribution in [1.82, 2.24) is 14.5 Å². The molecule has 0 N–H and O–H groups in total. The van der Waals surface area contributed by atoms with E-state index in [-0.39, 0.29) is 0 Å². The van der Waals surface area contributed by atoms with Crippen molar-refractivity contribution >= 4 is 23.2 Å². The SMILES string of the molecule is COc1cccc(C=Cc2nc3ccccc3n2-c2ccc(C(F)(F)F)cn2)c1OCc1ccccc1. The number of rotatable bonds is 7. The van der Waals surface area contributed by atoms with E-state index in [1.165, 1.54) is 6.07 Å². The first kappa shape index (κ1) is 24.1. The van der Waals surface area contributed by atoms with Gasteiger partial charge in [-0.05, 0) is 48.0 Å². The molecule has 0 saturated heterocycles. The van der Waals surface area contributed by atoms with E-state index in [0.29, 0.717) is 35.3 Å². The van der Waals surface area contributed by atoms with E-state index >= 15 is 0 Å². The van der Waals surface area contributed by atoms with Gasteiger partial charge in [-0.2, -0.15) is 13.2 Å². The standard InChI is InChI=1S/C29H22F3N3O2/c1-36-25-13-7-10-21(28(25)37-19-20-8-3-2-4-9-20)14-16-27-34-23-11-5-6-12-24(23)35(27)26-17-15-22(18-33-26)29(30,31)32/h2-18H,19H2,1H3. The zero-order chi connectivity index (χ0) is 25.8. The lowest BCUT2D eigenvalue weighted by atomic mass is 10.1. The van der Waals surface area contributed by atoms with E-state index in [9.17, 15) is 13.2 Å². The zero-order valence-electron chi connectivity index (χ0n) is 19.8. The summed E-state index contributed by atoms with van der Waals surface area (Å²) in [6, 6.07) is 25.1. The van der Waals surface area contributed by atoms with Crippen LogP contribution in [-0.2, 0) is 12.8 Å². The van der Waals surface area contributed by atoms with Crippen LogP contribution < -0.4 is 9.47 Å². The molecule has 5 rings (SSSR count). The van der Waals surface area contributed by atoms with Gasteiger partial charge in [0.05, 0.1) is 23.7 Å². The first-order chi connectivity index (χ1) is 17.9. The maximum absolute atomic E-state index is 13.1. The Morgan fingerprint density at radius 2 is 1.65 bits per heavy atom. The highest BCUT2D eigenvalue weighted by molar-refractivity contribution is 5.82. The molecule has 0 fully saturated rings. The normalized spacial score (nSPS) is 11.8. The number of aromatic nitrogens is 3. The average molecular weight is 502 g/mol. The number of nitrogens with zero attached hydrogens (tertiary/aromatic N) is 3. The van der Waals surface area contributed by atoms with Gasteiger partial charge in [0.15, 0.2) is 11.5 Å². The first-order valence-electron chi connectivity index (χ1n) is 11.5. The lowest BCUT2D eigenvalue weighted by Crippen LogP contribution is -2.07. The number of para-hydroxylation sites is 3. The van der Waals surface area contributed by atoms with E-state index in [1.807, 2.05) is 78.9 Å². The minimum Gasteiger partial charge on any atom is -0.493 e. The molecule has 2 aromatic heterocycles. The summed E-state index contributed by atoms with van der Waals surface area (Å²) in [5.41, 5.74) is 2.37. The largest absolute Gasteiger partial charge is 0.493 e. The fraction of sp³-hybridized carbons (Fsp3) is 0.103. The molecule has 2 heterocycles. The molecule has 37 heavy (non-hydrogen) atoms. The van der Waals surface area contributed by atoms with Gasteiger partial charge < -0.3 is 9.47 Å². The molecule has 0 aliphatic heterocycles. The molecule has 5 nitrogen and oxygen atoms in total. The van der Waals surface area contributed by atoms with Gasteiger partial charge >= 0.3 is 6.18 Å². The fourth-order valence-electron chi connectivity index (χ4n) is 3.96. The van der Waals surface area contributed by atoms with Gasteiger partial charge in [-0.25, -0.2) is 9.97 Å². The van der Waals surface area contributed by atoms with Gasteiger partial charge in [0.1, 0.15) is 18.2 Å². The summed E-state index contributed by atoms with van der Waals surface area (Å²) in [6.07, 6.45) is -0.0168. The van der Waals surface area contributed by atoms with Gasteiger partial charge in [-0.3, -0.25) is 4.57 Å². The summed E-state index contributed by atoms with van der Waals surface area (Å²) >= 11 is 0.